The van der Waals surface area contributed by atoms with Crippen LogP contribution in [0.15, 0.2) is 0 Å². The second-order valence-corrected chi connectivity index (χ2v) is 4.99. The van der Waals surface area contributed by atoms with Crippen molar-refractivity contribution in [1.82, 2.24) is 4.90 Å². The SMILES string of the molecule is CCC(CC)(CN)C(=O)N(CCOC)C(C)COC. The Hall–Kier alpha value is -0.650. The summed E-state index contributed by atoms with van der Waals surface area (Å²) in [6.45, 7) is 8.01. The maximum Gasteiger partial charge on any atom is 0.230 e. The Morgan fingerprint density at radius 3 is 2.21 bits per heavy atom. The van der Waals surface area contributed by atoms with Crippen molar-refractivity contribution in [2.45, 2.75) is 39.7 Å². The minimum atomic E-state index is -0.463. The molecule has 0 heterocycles. The van der Waals surface area contributed by atoms with Crippen LogP contribution in [0.25, 0.3) is 0 Å². The Bertz CT molecular complexity index is 247. The molecule has 1 unspecified atom stereocenters. The van der Waals surface area contributed by atoms with Crippen molar-refractivity contribution in [2.24, 2.45) is 11.1 Å². The van der Waals surface area contributed by atoms with Crippen LogP contribution in [0.5, 0.6) is 0 Å². The average Bonchev–Trinajstić information content (AvgIpc) is 2.42. The van der Waals surface area contributed by atoms with E-state index >= 15 is 0 Å². The minimum Gasteiger partial charge on any atom is -0.383 e. The van der Waals surface area contributed by atoms with Crippen molar-refractivity contribution < 1.29 is 14.3 Å². The molecule has 0 aromatic heterocycles. The lowest BCUT2D eigenvalue weighted by atomic mass is 9.80. The highest BCUT2D eigenvalue weighted by Gasteiger charge is 2.38. The van der Waals surface area contributed by atoms with Gasteiger partial charge in [-0.05, 0) is 19.8 Å². The van der Waals surface area contributed by atoms with Crippen molar-refractivity contribution in [2.75, 3.05) is 40.5 Å². The Morgan fingerprint density at radius 2 is 1.84 bits per heavy atom. The van der Waals surface area contributed by atoms with Crippen molar-refractivity contribution in [3.63, 3.8) is 0 Å². The number of rotatable bonds is 10. The second kappa shape index (κ2) is 9.28. The number of amides is 1. The smallest absolute Gasteiger partial charge is 0.230 e. The zero-order chi connectivity index (χ0) is 14.9. The van der Waals surface area contributed by atoms with Gasteiger partial charge >= 0.3 is 0 Å². The first-order valence-corrected chi connectivity index (χ1v) is 7.01. The van der Waals surface area contributed by atoms with Gasteiger partial charge in [0, 0.05) is 27.3 Å². The van der Waals surface area contributed by atoms with Crippen LogP contribution in [0.2, 0.25) is 0 Å². The van der Waals surface area contributed by atoms with Crippen LogP contribution in [0.4, 0.5) is 0 Å². The van der Waals surface area contributed by atoms with E-state index in [1.807, 2.05) is 25.7 Å². The summed E-state index contributed by atoms with van der Waals surface area (Å²) in [4.78, 5) is 14.7. The lowest BCUT2D eigenvalue weighted by molar-refractivity contribution is -0.146. The van der Waals surface area contributed by atoms with Crippen molar-refractivity contribution in [3.05, 3.63) is 0 Å². The summed E-state index contributed by atoms with van der Waals surface area (Å²) in [5.74, 6) is 0.113. The Balaban J connectivity index is 5.05. The normalized spacial score (nSPS) is 13.4. The number of methoxy groups -OCH3 is 2. The summed E-state index contributed by atoms with van der Waals surface area (Å²) < 4.78 is 10.3. The zero-order valence-electron chi connectivity index (χ0n) is 13.1. The van der Waals surface area contributed by atoms with E-state index in [2.05, 4.69) is 0 Å². The predicted octanol–water partition coefficient (Wildman–Crippen LogP) is 1.26. The van der Waals surface area contributed by atoms with Crippen LogP contribution >= 0.6 is 0 Å². The molecule has 114 valence electrons. The van der Waals surface area contributed by atoms with Crippen LogP contribution in [0, 0.1) is 5.41 Å². The third kappa shape index (κ3) is 4.75. The molecule has 0 aromatic carbocycles. The molecule has 0 fully saturated rings. The molecule has 0 spiro atoms. The number of carbonyl (C=O) groups is 1. The third-order valence-corrected chi connectivity index (χ3v) is 3.94. The first-order valence-electron chi connectivity index (χ1n) is 7.01. The fourth-order valence-corrected chi connectivity index (χ4v) is 2.28. The Morgan fingerprint density at radius 1 is 1.26 bits per heavy atom. The topological polar surface area (TPSA) is 64.8 Å². The van der Waals surface area contributed by atoms with Gasteiger partial charge < -0.3 is 20.1 Å². The molecule has 0 rings (SSSR count). The third-order valence-electron chi connectivity index (χ3n) is 3.94. The number of ether oxygens (including phenoxy) is 2. The molecule has 0 saturated carbocycles. The van der Waals surface area contributed by atoms with Crippen LogP contribution < -0.4 is 5.73 Å². The molecule has 2 N–H and O–H groups in total. The minimum absolute atomic E-state index is 0.0247. The molecule has 0 aliphatic carbocycles. The number of nitrogens with two attached hydrogens (primary N) is 1. The molecule has 1 atom stereocenters. The van der Waals surface area contributed by atoms with Crippen LogP contribution in [-0.4, -0.2) is 57.4 Å². The van der Waals surface area contributed by atoms with Crippen LogP contribution in [-0.2, 0) is 14.3 Å². The van der Waals surface area contributed by atoms with E-state index in [-0.39, 0.29) is 11.9 Å². The maximum atomic E-state index is 12.8. The summed E-state index contributed by atoms with van der Waals surface area (Å²) in [6.07, 6.45) is 1.50. The molecule has 5 nitrogen and oxygen atoms in total. The first-order chi connectivity index (χ1) is 9.02. The monoisotopic (exact) mass is 274 g/mol. The molecular formula is C14H30N2O3. The van der Waals surface area contributed by atoms with Gasteiger partial charge in [0.15, 0.2) is 0 Å². The van der Waals surface area contributed by atoms with Gasteiger partial charge in [-0.1, -0.05) is 13.8 Å². The summed E-state index contributed by atoms with van der Waals surface area (Å²) in [7, 11) is 3.28. The van der Waals surface area contributed by atoms with Gasteiger partial charge in [-0.2, -0.15) is 0 Å². The van der Waals surface area contributed by atoms with Crippen LogP contribution in [0.3, 0.4) is 0 Å². The molecule has 0 radical (unpaired) electrons. The van der Waals surface area contributed by atoms with E-state index in [1.165, 1.54) is 0 Å². The van der Waals surface area contributed by atoms with Gasteiger partial charge in [0.1, 0.15) is 0 Å². The van der Waals surface area contributed by atoms with Crippen LogP contribution in [0.1, 0.15) is 33.6 Å². The molecule has 1 amide bonds. The predicted molar refractivity (Wildman–Crippen MR) is 77.0 cm³/mol. The molecule has 0 bridgehead atoms. The average molecular weight is 274 g/mol. The standard InChI is InChI=1S/C14H30N2O3/c1-6-14(7-2,11-15)13(17)16(8-9-18-4)12(3)10-19-5/h12H,6-11,15H2,1-5H3. The Labute approximate surface area is 117 Å². The molecule has 0 aliphatic rings. The largest absolute Gasteiger partial charge is 0.383 e. The summed E-state index contributed by atoms with van der Waals surface area (Å²) >= 11 is 0. The molecule has 19 heavy (non-hydrogen) atoms. The van der Waals surface area contributed by atoms with Gasteiger partial charge in [0.25, 0.3) is 0 Å². The summed E-state index contributed by atoms with van der Waals surface area (Å²) in [5, 5.41) is 0. The summed E-state index contributed by atoms with van der Waals surface area (Å²) in [5.41, 5.74) is 5.40. The first kappa shape index (κ1) is 18.4. The number of nitrogens with zero attached hydrogens (tertiary/aromatic N) is 1. The number of hydrogen-bond acceptors (Lipinski definition) is 4. The van der Waals surface area contributed by atoms with Gasteiger partial charge in [-0.3, -0.25) is 4.79 Å². The summed E-state index contributed by atoms with van der Waals surface area (Å²) in [6, 6.07) is 0.0247. The zero-order valence-corrected chi connectivity index (χ0v) is 13.1. The molecular weight excluding hydrogens is 244 g/mol. The fourth-order valence-electron chi connectivity index (χ4n) is 2.28. The van der Waals surface area contributed by atoms with E-state index in [0.717, 1.165) is 12.8 Å². The molecule has 0 saturated heterocycles. The van der Waals surface area contributed by atoms with E-state index in [1.54, 1.807) is 14.2 Å². The van der Waals surface area contributed by atoms with Gasteiger partial charge in [0.05, 0.1) is 24.7 Å². The number of hydrogen-bond donors (Lipinski definition) is 1. The quantitative estimate of drug-likeness (QED) is 0.651. The van der Waals surface area contributed by atoms with E-state index in [9.17, 15) is 4.79 Å². The second-order valence-electron chi connectivity index (χ2n) is 4.99. The maximum absolute atomic E-state index is 12.8. The van der Waals surface area contributed by atoms with Crippen molar-refractivity contribution in [3.8, 4) is 0 Å². The van der Waals surface area contributed by atoms with E-state index < -0.39 is 5.41 Å². The molecule has 0 aliphatic heterocycles. The lowest BCUT2D eigenvalue weighted by Crippen LogP contribution is -2.52. The van der Waals surface area contributed by atoms with Crippen molar-refractivity contribution >= 4 is 5.91 Å². The lowest BCUT2D eigenvalue weighted by Gasteiger charge is -2.38. The Kier molecular flexibility index (Phi) is 8.97. The highest BCUT2D eigenvalue weighted by atomic mass is 16.5. The van der Waals surface area contributed by atoms with Crippen molar-refractivity contribution in [1.29, 1.82) is 0 Å². The fraction of sp³-hybridized carbons (Fsp3) is 0.929. The van der Waals surface area contributed by atoms with E-state index in [0.29, 0.717) is 26.3 Å². The highest BCUT2D eigenvalue weighted by molar-refractivity contribution is 5.83. The molecule has 5 heteroatoms. The number of carbonyl (C=O) groups excluding carboxylic acids is 1. The van der Waals surface area contributed by atoms with Gasteiger partial charge in [-0.25, -0.2) is 0 Å². The van der Waals surface area contributed by atoms with Gasteiger partial charge in [-0.15, -0.1) is 0 Å². The molecule has 0 aromatic rings. The highest BCUT2D eigenvalue weighted by Crippen LogP contribution is 2.28. The van der Waals surface area contributed by atoms with Gasteiger partial charge in [0.2, 0.25) is 5.91 Å². The van der Waals surface area contributed by atoms with E-state index in [4.69, 9.17) is 15.2 Å².